The van der Waals surface area contributed by atoms with Crippen molar-refractivity contribution in [1.29, 1.82) is 0 Å². The maximum atomic E-state index is 11.0. The van der Waals surface area contributed by atoms with E-state index in [1.807, 2.05) is 6.07 Å². The molecule has 1 N–H and O–H groups in total. The molecule has 0 unspecified atom stereocenters. The van der Waals surface area contributed by atoms with E-state index in [9.17, 15) is 10.1 Å². The summed E-state index contributed by atoms with van der Waals surface area (Å²) >= 11 is 0. The van der Waals surface area contributed by atoms with E-state index in [2.05, 4.69) is 10.2 Å². The van der Waals surface area contributed by atoms with E-state index < -0.39 is 0 Å². The maximum Gasteiger partial charge on any atom is 0.292 e. The fourth-order valence-corrected chi connectivity index (χ4v) is 2.36. The van der Waals surface area contributed by atoms with Gasteiger partial charge in [0.2, 0.25) is 0 Å². The highest BCUT2D eigenvalue weighted by Gasteiger charge is 2.18. The van der Waals surface area contributed by atoms with Crippen LogP contribution in [-0.2, 0) is 11.3 Å². The van der Waals surface area contributed by atoms with E-state index in [1.165, 1.54) is 6.07 Å². The van der Waals surface area contributed by atoms with Gasteiger partial charge < -0.3 is 10.1 Å². The Morgan fingerprint density at radius 1 is 1.42 bits per heavy atom. The Morgan fingerprint density at radius 2 is 2.26 bits per heavy atom. The Hall–Kier alpha value is -1.66. The Labute approximate surface area is 112 Å². The van der Waals surface area contributed by atoms with Crippen LogP contribution in [0, 0.1) is 10.1 Å². The van der Waals surface area contributed by atoms with Crippen LogP contribution in [0.5, 0.6) is 0 Å². The summed E-state index contributed by atoms with van der Waals surface area (Å²) in [6.07, 6.45) is 1.00. The van der Waals surface area contributed by atoms with Crippen LogP contribution in [0.2, 0.25) is 0 Å². The van der Waals surface area contributed by atoms with Gasteiger partial charge in [-0.2, -0.15) is 0 Å². The first-order chi connectivity index (χ1) is 9.22. The van der Waals surface area contributed by atoms with E-state index in [0.717, 1.165) is 38.3 Å². The quantitative estimate of drug-likeness (QED) is 0.665. The van der Waals surface area contributed by atoms with Crippen LogP contribution in [0.1, 0.15) is 12.0 Å². The minimum Gasteiger partial charge on any atom is -0.382 e. The van der Waals surface area contributed by atoms with Crippen LogP contribution in [-0.4, -0.2) is 43.2 Å². The number of nitrogens with zero attached hydrogens (tertiary/aromatic N) is 2. The number of hydrogen-bond donors (Lipinski definition) is 1. The van der Waals surface area contributed by atoms with E-state index in [1.54, 1.807) is 13.1 Å². The van der Waals surface area contributed by atoms with Gasteiger partial charge >= 0.3 is 0 Å². The predicted octanol–water partition coefficient (Wildman–Crippen LogP) is 1.86. The van der Waals surface area contributed by atoms with Gasteiger partial charge in [0.15, 0.2) is 0 Å². The monoisotopic (exact) mass is 265 g/mol. The van der Waals surface area contributed by atoms with Gasteiger partial charge in [-0.15, -0.1) is 0 Å². The second-order valence-electron chi connectivity index (χ2n) is 4.56. The molecule has 0 saturated carbocycles. The fraction of sp³-hybridized carbons (Fsp3) is 0.538. The van der Waals surface area contributed by atoms with Gasteiger partial charge in [-0.25, -0.2) is 0 Å². The number of nitro groups is 1. The highest BCUT2D eigenvalue weighted by Crippen LogP contribution is 2.28. The molecule has 0 radical (unpaired) electrons. The molecule has 104 valence electrons. The number of ether oxygens (including phenoxy) is 1. The molecular formula is C13H19N3O3. The summed E-state index contributed by atoms with van der Waals surface area (Å²) < 4.78 is 5.42. The summed E-state index contributed by atoms with van der Waals surface area (Å²) in [6, 6.07) is 5.20. The summed E-state index contributed by atoms with van der Waals surface area (Å²) in [5.74, 6) is 0. The Kier molecular flexibility index (Phi) is 4.70. The van der Waals surface area contributed by atoms with Crippen LogP contribution in [0.25, 0.3) is 0 Å². The zero-order valence-corrected chi connectivity index (χ0v) is 11.1. The molecule has 1 saturated heterocycles. The van der Waals surface area contributed by atoms with Crippen molar-refractivity contribution in [3.8, 4) is 0 Å². The van der Waals surface area contributed by atoms with E-state index in [4.69, 9.17) is 4.74 Å². The lowest BCUT2D eigenvalue weighted by atomic mass is 10.1. The first kappa shape index (κ1) is 13.8. The molecule has 1 heterocycles. The molecule has 0 bridgehead atoms. The van der Waals surface area contributed by atoms with Crippen molar-refractivity contribution in [3.05, 3.63) is 33.9 Å². The molecule has 0 aliphatic carbocycles. The second-order valence-corrected chi connectivity index (χ2v) is 4.56. The smallest absolute Gasteiger partial charge is 0.292 e. The maximum absolute atomic E-state index is 11.0. The normalized spacial score (nSPS) is 16.9. The second kappa shape index (κ2) is 6.49. The first-order valence-electron chi connectivity index (χ1n) is 6.46. The molecule has 1 aromatic rings. The van der Waals surface area contributed by atoms with Gasteiger partial charge in [-0.3, -0.25) is 15.0 Å². The third-order valence-corrected chi connectivity index (χ3v) is 3.28. The number of rotatable bonds is 4. The molecule has 19 heavy (non-hydrogen) atoms. The van der Waals surface area contributed by atoms with Gasteiger partial charge in [0.05, 0.1) is 11.5 Å². The van der Waals surface area contributed by atoms with Gasteiger partial charge in [0.1, 0.15) is 5.69 Å². The standard InChI is InChI=1S/C13H19N3O3/c1-14-13-11(4-2-5-12(13)16(17)18)10-15-6-3-8-19-9-7-15/h2,4-5,14H,3,6-10H2,1H3. The molecule has 2 rings (SSSR count). The molecule has 1 aromatic carbocycles. The van der Waals surface area contributed by atoms with Crippen LogP contribution >= 0.6 is 0 Å². The summed E-state index contributed by atoms with van der Waals surface area (Å²) in [5, 5.41) is 14.0. The Bertz CT molecular complexity index is 443. The van der Waals surface area contributed by atoms with Crippen molar-refractivity contribution in [2.75, 3.05) is 38.7 Å². The zero-order valence-electron chi connectivity index (χ0n) is 11.1. The highest BCUT2D eigenvalue weighted by atomic mass is 16.6. The Morgan fingerprint density at radius 3 is 3.00 bits per heavy atom. The van der Waals surface area contributed by atoms with E-state index in [-0.39, 0.29) is 10.6 Å². The van der Waals surface area contributed by atoms with Crippen molar-refractivity contribution in [2.45, 2.75) is 13.0 Å². The topological polar surface area (TPSA) is 67.6 Å². The lowest BCUT2D eigenvalue weighted by Gasteiger charge is -2.20. The molecule has 1 fully saturated rings. The van der Waals surface area contributed by atoms with Gasteiger partial charge in [0, 0.05) is 39.4 Å². The van der Waals surface area contributed by atoms with Crippen molar-refractivity contribution in [1.82, 2.24) is 4.90 Å². The van der Waals surface area contributed by atoms with Gasteiger partial charge in [-0.05, 0) is 12.0 Å². The molecule has 0 amide bonds. The SMILES string of the molecule is CNc1c(CN2CCCOCC2)cccc1[N+](=O)[O-]. The number of anilines is 1. The lowest BCUT2D eigenvalue weighted by molar-refractivity contribution is -0.384. The predicted molar refractivity (Wildman–Crippen MR) is 73.4 cm³/mol. The van der Waals surface area contributed by atoms with Crippen LogP contribution in [0.3, 0.4) is 0 Å². The lowest BCUT2D eigenvalue weighted by Crippen LogP contribution is -2.26. The molecule has 6 nitrogen and oxygen atoms in total. The van der Waals surface area contributed by atoms with Crippen molar-refractivity contribution in [3.63, 3.8) is 0 Å². The molecule has 1 aliphatic heterocycles. The van der Waals surface area contributed by atoms with Crippen LogP contribution < -0.4 is 5.32 Å². The van der Waals surface area contributed by atoms with Crippen LogP contribution in [0.15, 0.2) is 18.2 Å². The van der Waals surface area contributed by atoms with Crippen molar-refractivity contribution in [2.24, 2.45) is 0 Å². The highest BCUT2D eigenvalue weighted by molar-refractivity contribution is 5.66. The number of hydrogen-bond acceptors (Lipinski definition) is 5. The van der Waals surface area contributed by atoms with Crippen LogP contribution in [0.4, 0.5) is 11.4 Å². The number of nitrogens with one attached hydrogen (secondary N) is 1. The van der Waals surface area contributed by atoms with E-state index in [0.29, 0.717) is 12.2 Å². The minimum atomic E-state index is -0.346. The fourth-order valence-electron chi connectivity index (χ4n) is 2.36. The molecule has 0 aromatic heterocycles. The van der Waals surface area contributed by atoms with Crippen molar-refractivity contribution >= 4 is 11.4 Å². The summed E-state index contributed by atoms with van der Waals surface area (Å²) in [7, 11) is 1.72. The zero-order chi connectivity index (χ0) is 13.7. The minimum absolute atomic E-state index is 0.131. The van der Waals surface area contributed by atoms with E-state index >= 15 is 0 Å². The average Bonchev–Trinajstić information content (AvgIpc) is 2.67. The van der Waals surface area contributed by atoms with Gasteiger partial charge in [-0.1, -0.05) is 12.1 Å². The number of para-hydroxylation sites is 1. The number of nitro benzene ring substituents is 1. The molecule has 0 spiro atoms. The molecule has 1 aliphatic rings. The largest absolute Gasteiger partial charge is 0.382 e. The molecular weight excluding hydrogens is 246 g/mol. The summed E-state index contributed by atoms with van der Waals surface area (Å²) in [5.41, 5.74) is 1.70. The number of benzene rings is 1. The van der Waals surface area contributed by atoms with Crippen molar-refractivity contribution < 1.29 is 9.66 Å². The summed E-state index contributed by atoms with van der Waals surface area (Å²) in [4.78, 5) is 12.9. The average molecular weight is 265 g/mol. The van der Waals surface area contributed by atoms with Gasteiger partial charge in [0.25, 0.3) is 5.69 Å². The summed E-state index contributed by atoms with van der Waals surface area (Å²) in [6.45, 7) is 4.06. The molecule has 6 heteroatoms. The third kappa shape index (κ3) is 3.42. The molecule has 0 atom stereocenters. The third-order valence-electron chi connectivity index (χ3n) is 3.28. The Balaban J connectivity index is 2.19. The first-order valence-corrected chi connectivity index (χ1v) is 6.46.